The molecule has 0 amide bonds. The van der Waals surface area contributed by atoms with Crippen molar-refractivity contribution in [2.45, 2.75) is 45.3 Å². The summed E-state index contributed by atoms with van der Waals surface area (Å²) in [6.45, 7) is 6.13. The van der Waals surface area contributed by atoms with Crippen LogP contribution in [-0.2, 0) is 0 Å². The van der Waals surface area contributed by atoms with Gasteiger partial charge in [0, 0.05) is 24.3 Å². The maximum Gasteiger partial charge on any atom is 0.209 e. The molecule has 2 aliphatic rings. The lowest BCUT2D eigenvalue weighted by atomic mass is 9.68. The van der Waals surface area contributed by atoms with Crippen LogP contribution in [0.25, 0.3) is 0 Å². The lowest BCUT2D eigenvalue weighted by Crippen LogP contribution is -2.48. The topological polar surface area (TPSA) is 38.7 Å². The summed E-state index contributed by atoms with van der Waals surface area (Å²) in [5.41, 5.74) is 3.96. The molecule has 1 aromatic rings. The van der Waals surface area contributed by atoms with Crippen molar-refractivity contribution < 1.29 is 14.6 Å². The number of fused-ring (bicyclic) bond motifs is 3. The molecule has 1 aliphatic carbocycles. The van der Waals surface area contributed by atoms with Crippen molar-refractivity contribution >= 4 is 0 Å². The highest BCUT2D eigenvalue weighted by Gasteiger charge is 2.47. The predicted octanol–water partition coefficient (Wildman–Crippen LogP) is 3.63. The number of methoxy groups -OCH3 is 1. The molecule has 1 N–H and O–H groups in total. The third kappa shape index (κ3) is 2.01. The van der Waals surface area contributed by atoms with Crippen molar-refractivity contribution in [1.82, 2.24) is 0 Å². The second kappa shape index (κ2) is 4.52. The molecule has 0 saturated heterocycles. The highest BCUT2D eigenvalue weighted by atomic mass is 16.6. The SMILES string of the molecule is COc1ccc2c(c1)[C@H]1CC(C)=C(C)C[C@@H]1[C@](C)(O)O2. The number of benzene rings is 1. The van der Waals surface area contributed by atoms with Gasteiger partial charge in [-0.2, -0.15) is 0 Å². The van der Waals surface area contributed by atoms with Gasteiger partial charge in [0.25, 0.3) is 0 Å². The molecule has 1 aromatic carbocycles. The summed E-state index contributed by atoms with van der Waals surface area (Å²) >= 11 is 0. The summed E-state index contributed by atoms with van der Waals surface area (Å²) in [6.07, 6.45) is 1.87. The van der Waals surface area contributed by atoms with Gasteiger partial charge in [-0.25, -0.2) is 0 Å². The summed E-state index contributed by atoms with van der Waals surface area (Å²) in [4.78, 5) is 0. The Morgan fingerprint density at radius 3 is 2.65 bits per heavy atom. The molecule has 3 rings (SSSR count). The van der Waals surface area contributed by atoms with Gasteiger partial charge in [-0.15, -0.1) is 0 Å². The van der Waals surface area contributed by atoms with Gasteiger partial charge in [0.1, 0.15) is 11.5 Å². The minimum atomic E-state index is -1.10. The van der Waals surface area contributed by atoms with E-state index in [0.717, 1.165) is 29.9 Å². The summed E-state index contributed by atoms with van der Waals surface area (Å²) in [5, 5.41) is 10.7. The van der Waals surface area contributed by atoms with Crippen LogP contribution in [-0.4, -0.2) is 18.0 Å². The van der Waals surface area contributed by atoms with Gasteiger partial charge in [-0.05, 0) is 44.9 Å². The molecule has 3 atom stereocenters. The maximum atomic E-state index is 10.7. The van der Waals surface area contributed by atoms with Crippen LogP contribution >= 0.6 is 0 Å². The average Bonchev–Trinajstić information content (AvgIpc) is 2.40. The minimum Gasteiger partial charge on any atom is -0.497 e. The molecular formula is C17H22O3. The Morgan fingerprint density at radius 2 is 1.95 bits per heavy atom. The number of ether oxygens (including phenoxy) is 2. The second-order valence-corrected chi connectivity index (χ2v) is 6.24. The van der Waals surface area contributed by atoms with Crippen LogP contribution in [0.4, 0.5) is 0 Å². The Balaban J connectivity index is 2.10. The van der Waals surface area contributed by atoms with E-state index in [0.29, 0.717) is 5.92 Å². The van der Waals surface area contributed by atoms with Crippen molar-refractivity contribution in [3.63, 3.8) is 0 Å². The monoisotopic (exact) mass is 274 g/mol. The van der Waals surface area contributed by atoms with Crippen molar-refractivity contribution in [1.29, 1.82) is 0 Å². The first kappa shape index (κ1) is 13.5. The van der Waals surface area contributed by atoms with Gasteiger partial charge in [0.05, 0.1) is 7.11 Å². The highest BCUT2D eigenvalue weighted by molar-refractivity contribution is 5.46. The van der Waals surface area contributed by atoms with E-state index >= 15 is 0 Å². The van der Waals surface area contributed by atoms with E-state index < -0.39 is 5.79 Å². The molecular weight excluding hydrogens is 252 g/mol. The van der Waals surface area contributed by atoms with Gasteiger partial charge in [-0.3, -0.25) is 0 Å². The van der Waals surface area contributed by atoms with Crippen LogP contribution in [0.3, 0.4) is 0 Å². The fourth-order valence-corrected chi connectivity index (χ4v) is 3.52. The van der Waals surface area contributed by atoms with Gasteiger partial charge in [-0.1, -0.05) is 11.1 Å². The van der Waals surface area contributed by atoms with E-state index in [1.807, 2.05) is 12.1 Å². The molecule has 0 bridgehead atoms. The molecule has 0 saturated carbocycles. The zero-order valence-electron chi connectivity index (χ0n) is 12.6. The minimum absolute atomic E-state index is 0.103. The Morgan fingerprint density at radius 1 is 1.25 bits per heavy atom. The van der Waals surface area contributed by atoms with Crippen LogP contribution in [0.2, 0.25) is 0 Å². The Kier molecular flexibility index (Phi) is 3.05. The van der Waals surface area contributed by atoms with Gasteiger partial charge in [0.15, 0.2) is 0 Å². The van der Waals surface area contributed by atoms with E-state index in [9.17, 15) is 5.11 Å². The van der Waals surface area contributed by atoms with E-state index in [1.165, 1.54) is 11.1 Å². The maximum absolute atomic E-state index is 10.7. The summed E-state index contributed by atoms with van der Waals surface area (Å²) in [6, 6.07) is 5.83. The zero-order chi connectivity index (χ0) is 14.5. The summed E-state index contributed by atoms with van der Waals surface area (Å²) in [7, 11) is 1.68. The third-order valence-corrected chi connectivity index (χ3v) is 4.89. The van der Waals surface area contributed by atoms with Crippen LogP contribution in [0.15, 0.2) is 29.3 Å². The smallest absolute Gasteiger partial charge is 0.209 e. The van der Waals surface area contributed by atoms with Crippen molar-refractivity contribution in [3.8, 4) is 11.5 Å². The summed E-state index contributed by atoms with van der Waals surface area (Å²) < 4.78 is 11.2. The zero-order valence-corrected chi connectivity index (χ0v) is 12.6. The lowest BCUT2D eigenvalue weighted by molar-refractivity contribution is -0.181. The molecule has 20 heavy (non-hydrogen) atoms. The molecule has 108 valence electrons. The Bertz CT molecular complexity index is 572. The van der Waals surface area contributed by atoms with Crippen LogP contribution in [0.1, 0.15) is 45.1 Å². The first-order chi connectivity index (χ1) is 9.42. The van der Waals surface area contributed by atoms with Crippen LogP contribution in [0.5, 0.6) is 11.5 Å². The van der Waals surface area contributed by atoms with E-state index in [4.69, 9.17) is 9.47 Å². The number of rotatable bonds is 1. The molecule has 0 spiro atoms. The predicted molar refractivity (Wildman–Crippen MR) is 78.1 cm³/mol. The first-order valence-corrected chi connectivity index (χ1v) is 7.17. The molecule has 3 nitrogen and oxygen atoms in total. The summed E-state index contributed by atoms with van der Waals surface area (Å²) in [5.74, 6) is 0.924. The van der Waals surface area contributed by atoms with E-state index in [-0.39, 0.29) is 5.92 Å². The fourth-order valence-electron chi connectivity index (χ4n) is 3.52. The number of aliphatic hydroxyl groups is 1. The van der Waals surface area contributed by atoms with E-state index in [1.54, 1.807) is 14.0 Å². The van der Waals surface area contributed by atoms with Gasteiger partial charge in [0.2, 0.25) is 5.79 Å². The van der Waals surface area contributed by atoms with Crippen LogP contribution in [0, 0.1) is 5.92 Å². The molecule has 0 radical (unpaired) electrons. The average molecular weight is 274 g/mol. The number of allylic oxidation sites excluding steroid dienone is 2. The molecule has 1 heterocycles. The van der Waals surface area contributed by atoms with E-state index in [2.05, 4.69) is 19.9 Å². The largest absolute Gasteiger partial charge is 0.497 e. The first-order valence-electron chi connectivity index (χ1n) is 7.17. The molecule has 3 heteroatoms. The molecule has 1 aliphatic heterocycles. The molecule has 0 fully saturated rings. The lowest BCUT2D eigenvalue weighted by Gasteiger charge is -2.46. The van der Waals surface area contributed by atoms with Gasteiger partial charge >= 0.3 is 0 Å². The van der Waals surface area contributed by atoms with Gasteiger partial charge < -0.3 is 14.6 Å². The third-order valence-electron chi connectivity index (χ3n) is 4.89. The Hall–Kier alpha value is -1.48. The quantitative estimate of drug-likeness (QED) is 0.795. The Labute approximate surface area is 120 Å². The fraction of sp³-hybridized carbons (Fsp3) is 0.529. The second-order valence-electron chi connectivity index (χ2n) is 6.24. The standard InChI is InChI=1S/C17H22O3/c1-10-7-13-14-9-12(19-4)5-6-16(14)20-17(3,18)15(13)8-11(10)2/h5-6,9,13,15,18H,7-8H2,1-4H3/t13-,15+,17-/m1/s1. The van der Waals surface area contributed by atoms with Crippen LogP contribution < -0.4 is 9.47 Å². The van der Waals surface area contributed by atoms with Crippen molar-refractivity contribution in [2.75, 3.05) is 7.11 Å². The number of hydrogen-bond acceptors (Lipinski definition) is 3. The highest BCUT2D eigenvalue weighted by Crippen LogP contribution is 2.52. The molecule has 0 aromatic heterocycles. The van der Waals surface area contributed by atoms with Crippen molar-refractivity contribution in [2.24, 2.45) is 5.92 Å². The normalized spacial score (nSPS) is 32.2. The number of hydrogen-bond donors (Lipinski definition) is 1. The van der Waals surface area contributed by atoms with Crippen molar-refractivity contribution in [3.05, 3.63) is 34.9 Å². The molecule has 0 unspecified atom stereocenters.